The zero-order valence-electron chi connectivity index (χ0n) is 5.31. The van der Waals surface area contributed by atoms with Crippen LogP contribution in [-0.2, 0) is 4.74 Å². The summed E-state index contributed by atoms with van der Waals surface area (Å²) in [6.45, 7) is 6.06. The SMILES string of the molecule is C=C(C)[C@@H]1CNC(=O)O1. The van der Waals surface area contributed by atoms with Gasteiger partial charge in [0.2, 0.25) is 0 Å². The van der Waals surface area contributed by atoms with E-state index in [1.54, 1.807) is 0 Å². The smallest absolute Gasteiger partial charge is 0.407 e. The Morgan fingerprint density at radius 1 is 2.00 bits per heavy atom. The summed E-state index contributed by atoms with van der Waals surface area (Å²) >= 11 is 0. The molecule has 0 radical (unpaired) electrons. The van der Waals surface area contributed by atoms with Crippen LogP contribution in [0, 0.1) is 0 Å². The molecule has 1 aliphatic heterocycles. The number of alkyl carbamates (subject to hydrolysis) is 1. The molecule has 0 aromatic rings. The van der Waals surface area contributed by atoms with Gasteiger partial charge in [-0.05, 0) is 12.5 Å². The summed E-state index contributed by atoms with van der Waals surface area (Å²) in [5.74, 6) is 0. The van der Waals surface area contributed by atoms with Gasteiger partial charge in [0.25, 0.3) is 0 Å². The van der Waals surface area contributed by atoms with Gasteiger partial charge in [-0.3, -0.25) is 0 Å². The van der Waals surface area contributed by atoms with E-state index < -0.39 is 0 Å². The molecule has 0 spiro atoms. The van der Waals surface area contributed by atoms with Crippen LogP contribution in [0.25, 0.3) is 0 Å². The number of ether oxygens (including phenoxy) is 1. The van der Waals surface area contributed by atoms with Crippen LogP contribution in [0.4, 0.5) is 4.79 Å². The minimum atomic E-state index is -0.344. The molecule has 1 fully saturated rings. The Morgan fingerprint density at radius 2 is 2.67 bits per heavy atom. The van der Waals surface area contributed by atoms with E-state index in [1.807, 2.05) is 6.92 Å². The first-order chi connectivity index (χ1) is 4.20. The quantitative estimate of drug-likeness (QED) is 0.526. The maximum atomic E-state index is 10.4. The number of carbonyl (C=O) groups is 1. The maximum Gasteiger partial charge on any atom is 0.407 e. The average molecular weight is 127 g/mol. The van der Waals surface area contributed by atoms with Gasteiger partial charge in [-0.1, -0.05) is 6.58 Å². The zero-order chi connectivity index (χ0) is 6.85. The zero-order valence-corrected chi connectivity index (χ0v) is 5.31. The van der Waals surface area contributed by atoms with E-state index >= 15 is 0 Å². The molecule has 3 nitrogen and oxygen atoms in total. The third-order valence-corrected chi connectivity index (χ3v) is 1.23. The van der Waals surface area contributed by atoms with Crippen molar-refractivity contribution in [1.29, 1.82) is 0 Å². The van der Waals surface area contributed by atoms with E-state index in [-0.39, 0.29) is 12.2 Å². The highest BCUT2D eigenvalue weighted by molar-refractivity contribution is 5.69. The molecule has 1 N–H and O–H groups in total. The third-order valence-electron chi connectivity index (χ3n) is 1.23. The van der Waals surface area contributed by atoms with Crippen molar-refractivity contribution in [1.82, 2.24) is 5.32 Å². The van der Waals surface area contributed by atoms with Crippen LogP contribution in [0.2, 0.25) is 0 Å². The molecule has 1 rings (SSSR count). The van der Waals surface area contributed by atoms with Gasteiger partial charge >= 0.3 is 6.09 Å². The molecular formula is C6H9NO2. The summed E-state index contributed by atoms with van der Waals surface area (Å²) in [6, 6.07) is 0. The molecule has 0 aromatic heterocycles. The average Bonchev–Trinajstić information content (AvgIpc) is 2.14. The first kappa shape index (κ1) is 6.13. The number of cyclic esters (lactones) is 1. The van der Waals surface area contributed by atoms with Crippen LogP contribution in [0.15, 0.2) is 12.2 Å². The minimum absolute atomic E-state index is 0.113. The predicted octanol–water partition coefficient (Wildman–Crippen LogP) is 0.671. The molecule has 1 saturated heterocycles. The van der Waals surface area contributed by atoms with Gasteiger partial charge in [0, 0.05) is 0 Å². The predicted molar refractivity (Wildman–Crippen MR) is 33.1 cm³/mol. The Morgan fingerprint density at radius 3 is 2.89 bits per heavy atom. The van der Waals surface area contributed by atoms with E-state index in [2.05, 4.69) is 11.9 Å². The number of amides is 1. The van der Waals surface area contributed by atoms with Crippen LogP contribution in [0.5, 0.6) is 0 Å². The lowest BCUT2D eigenvalue weighted by Gasteiger charge is -2.03. The minimum Gasteiger partial charge on any atom is -0.440 e. The van der Waals surface area contributed by atoms with Crippen molar-refractivity contribution in [3.05, 3.63) is 12.2 Å². The lowest BCUT2D eigenvalue weighted by atomic mass is 10.2. The van der Waals surface area contributed by atoms with Gasteiger partial charge in [0.05, 0.1) is 6.54 Å². The van der Waals surface area contributed by atoms with E-state index in [1.165, 1.54) is 0 Å². The van der Waals surface area contributed by atoms with E-state index in [0.29, 0.717) is 6.54 Å². The fourth-order valence-corrected chi connectivity index (χ4v) is 0.663. The Labute approximate surface area is 53.7 Å². The highest BCUT2D eigenvalue weighted by atomic mass is 16.6. The highest BCUT2D eigenvalue weighted by Crippen LogP contribution is 2.07. The summed E-state index contributed by atoms with van der Waals surface area (Å²) in [5.41, 5.74) is 0.883. The van der Waals surface area contributed by atoms with Gasteiger partial charge in [0.1, 0.15) is 6.10 Å². The van der Waals surface area contributed by atoms with Crippen molar-refractivity contribution in [2.24, 2.45) is 0 Å². The maximum absolute atomic E-state index is 10.4. The lowest BCUT2D eigenvalue weighted by Crippen LogP contribution is -2.15. The summed E-state index contributed by atoms with van der Waals surface area (Å²) < 4.78 is 4.77. The Balaban J connectivity index is 2.48. The van der Waals surface area contributed by atoms with Crippen molar-refractivity contribution in [3.8, 4) is 0 Å². The van der Waals surface area contributed by atoms with Crippen LogP contribution in [0.3, 0.4) is 0 Å². The molecule has 0 unspecified atom stereocenters. The molecule has 50 valence electrons. The van der Waals surface area contributed by atoms with Crippen molar-refractivity contribution in [3.63, 3.8) is 0 Å². The van der Waals surface area contributed by atoms with Crippen LogP contribution < -0.4 is 5.32 Å². The second-order valence-electron chi connectivity index (χ2n) is 2.12. The third kappa shape index (κ3) is 1.22. The molecule has 1 heterocycles. The standard InChI is InChI=1S/C6H9NO2/c1-4(2)5-3-7-6(8)9-5/h5H,1,3H2,2H3,(H,7,8)/t5-/m0/s1. The molecule has 1 aliphatic rings. The van der Waals surface area contributed by atoms with Crippen molar-refractivity contribution in [2.75, 3.05) is 6.54 Å². The molecule has 1 atom stereocenters. The van der Waals surface area contributed by atoms with Gasteiger partial charge in [-0.15, -0.1) is 0 Å². The fraction of sp³-hybridized carbons (Fsp3) is 0.500. The first-order valence-corrected chi connectivity index (χ1v) is 2.80. The van der Waals surface area contributed by atoms with Crippen molar-refractivity contribution in [2.45, 2.75) is 13.0 Å². The normalized spacial score (nSPS) is 25.0. The number of rotatable bonds is 1. The highest BCUT2D eigenvalue weighted by Gasteiger charge is 2.22. The monoisotopic (exact) mass is 127 g/mol. The largest absolute Gasteiger partial charge is 0.440 e. The van der Waals surface area contributed by atoms with Crippen LogP contribution in [-0.4, -0.2) is 18.7 Å². The summed E-state index contributed by atoms with van der Waals surface area (Å²) in [5, 5.41) is 2.53. The van der Waals surface area contributed by atoms with Crippen molar-refractivity contribution >= 4 is 6.09 Å². The van der Waals surface area contributed by atoms with E-state index in [0.717, 1.165) is 5.57 Å². The van der Waals surface area contributed by atoms with Crippen LogP contribution in [0.1, 0.15) is 6.92 Å². The van der Waals surface area contributed by atoms with E-state index in [4.69, 9.17) is 4.74 Å². The summed E-state index contributed by atoms with van der Waals surface area (Å²) in [6.07, 6.45) is -0.458. The number of hydrogen-bond donors (Lipinski definition) is 1. The lowest BCUT2D eigenvalue weighted by molar-refractivity contribution is 0.154. The molecular weight excluding hydrogens is 118 g/mol. The van der Waals surface area contributed by atoms with Gasteiger partial charge in [-0.2, -0.15) is 0 Å². The first-order valence-electron chi connectivity index (χ1n) is 2.80. The molecule has 3 heteroatoms. The Hall–Kier alpha value is -0.990. The molecule has 1 amide bonds. The van der Waals surface area contributed by atoms with Gasteiger partial charge < -0.3 is 10.1 Å². The van der Waals surface area contributed by atoms with Crippen molar-refractivity contribution < 1.29 is 9.53 Å². The second kappa shape index (κ2) is 2.09. The number of carbonyl (C=O) groups excluding carboxylic acids is 1. The van der Waals surface area contributed by atoms with E-state index in [9.17, 15) is 4.79 Å². The van der Waals surface area contributed by atoms with Gasteiger partial charge in [0.15, 0.2) is 0 Å². The van der Waals surface area contributed by atoms with Gasteiger partial charge in [-0.25, -0.2) is 4.79 Å². The molecule has 0 aromatic carbocycles. The topological polar surface area (TPSA) is 38.3 Å². The molecule has 9 heavy (non-hydrogen) atoms. The molecule has 0 aliphatic carbocycles. The van der Waals surface area contributed by atoms with Crippen LogP contribution >= 0.6 is 0 Å². The fourth-order valence-electron chi connectivity index (χ4n) is 0.663. The number of hydrogen-bond acceptors (Lipinski definition) is 2. The summed E-state index contributed by atoms with van der Waals surface area (Å²) in [4.78, 5) is 10.4. The summed E-state index contributed by atoms with van der Waals surface area (Å²) in [7, 11) is 0. The molecule has 0 saturated carbocycles. The Kier molecular flexibility index (Phi) is 1.42. The molecule has 0 bridgehead atoms. The Bertz CT molecular complexity index is 153. The number of nitrogens with one attached hydrogen (secondary N) is 1. The second-order valence-corrected chi connectivity index (χ2v) is 2.12.